The summed E-state index contributed by atoms with van der Waals surface area (Å²) in [6.07, 6.45) is 2.74. The number of hydrogen-bond acceptors (Lipinski definition) is 1. The Bertz CT molecular complexity index is 119. The Balaban J connectivity index is 3.67. The monoisotopic (exact) mass is 130 g/mol. The van der Waals surface area contributed by atoms with E-state index in [1.807, 2.05) is 0 Å². The van der Waals surface area contributed by atoms with Crippen LogP contribution in [0.15, 0.2) is 24.6 Å². The third kappa shape index (κ3) is 5.50. The second kappa shape index (κ2) is 3.50. The van der Waals surface area contributed by atoms with Gasteiger partial charge < -0.3 is 0 Å². The lowest BCUT2D eigenvalue weighted by atomic mass is 10.4. The Morgan fingerprint density at radius 1 is 1.62 bits per heavy atom. The highest BCUT2D eigenvalue weighted by molar-refractivity contribution is 7.80. The lowest BCUT2D eigenvalue weighted by Gasteiger charge is -1.79. The zero-order valence-corrected chi connectivity index (χ0v) is 5.46. The number of thiocarbonyl (C=S) groups is 1. The molecule has 0 N–H and O–H groups in total. The molecule has 0 fully saturated rings. The van der Waals surface area contributed by atoms with Crippen LogP contribution in [-0.2, 0) is 0 Å². The van der Waals surface area contributed by atoms with Gasteiger partial charge in [-0.15, -0.1) is 0 Å². The quantitative estimate of drug-likeness (QED) is 0.314. The van der Waals surface area contributed by atoms with Crippen LogP contribution in [0.1, 0.15) is 6.92 Å². The average molecular weight is 130 g/mol. The van der Waals surface area contributed by atoms with Gasteiger partial charge in [0.2, 0.25) is 0 Å². The van der Waals surface area contributed by atoms with Gasteiger partial charge in [0.15, 0.2) is 0 Å². The van der Waals surface area contributed by atoms with Crippen LogP contribution in [0.25, 0.3) is 0 Å². The molecular weight excluding hydrogens is 123 g/mol. The van der Waals surface area contributed by atoms with Crippen molar-refractivity contribution >= 4 is 17.1 Å². The van der Waals surface area contributed by atoms with Gasteiger partial charge in [0, 0.05) is 4.86 Å². The summed E-state index contributed by atoms with van der Waals surface area (Å²) in [6.45, 7) is 4.73. The zero-order valence-electron chi connectivity index (χ0n) is 4.65. The maximum atomic E-state index is 11.7. The highest BCUT2D eigenvalue weighted by atomic mass is 32.1. The predicted molar refractivity (Wildman–Crippen MR) is 37.7 cm³/mol. The Kier molecular flexibility index (Phi) is 3.28. The first-order valence-electron chi connectivity index (χ1n) is 2.16. The van der Waals surface area contributed by atoms with Crippen LogP contribution in [0.4, 0.5) is 4.39 Å². The number of allylic oxidation sites excluding steroid dienone is 3. The molecule has 0 atom stereocenters. The fourth-order valence-corrected chi connectivity index (χ4v) is 0.276. The molecule has 0 rings (SSSR count). The molecule has 0 bridgehead atoms. The summed E-state index contributed by atoms with van der Waals surface area (Å²) in [4.78, 5) is 0.656. The average Bonchev–Trinajstić information content (AvgIpc) is 1.61. The Morgan fingerprint density at radius 2 is 2.12 bits per heavy atom. The van der Waals surface area contributed by atoms with Crippen LogP contribution in [0.2, 0.25) is 0 Å². The third-order valence-corrected chi connectivity index (χ3v) is 0.635. The highest BCUT2D eigenvalue weighted by Crippen LogP contribution is 1.92. The maximum absolute atomic E-state index is 11.7. The normalized spacial score (nSPS) is 9.75. The molecule has 0 aliphatic rings. The summed E-state index contributed by atoms with van der Waals surface area (Å²) in [6, 6.07) is 0. The topological polar surface area (TPSA) is 0 Å². The van der Waals surface area contributed by atoms with E-state index >= 15 is 0 Å². The minimum absolute atomic E-state index is 0.464. The van der Waals surface area contributed by atoms with Crippen molar-refractivity contribution < 1.29 is 4.39 Å². The zero-order chi connectivity index (χ0) is 6.57. The van der Waals surface area contributed by atoms with Gasteiger partial charge in [-0.2, -0.15) is 0 Å². The van der Waals surface area contributed by atoms with E-state index < -0.39 is 5.83 Å². The van der Waals surface area contributed by atoms with Crippen molar-refractivity contribution in [2.24, 2.45) is 0 Å². The van der Waals surface area contributed by atoms with Crippen LogP contribution >= 0.6 is 12.2 Å². The second-order valence-electron chi connectivity index (χ2n) is 1.39. The molecule has 0 aromatic carbocycles. The molecule has 0 aromatic heterocycles. The maximum Gasteiger partial charge on any atom is 0.116 e. The molecule has 0 amide bonds. The molecule has 0 heterocycles. The summed E-state index contributed by atoms with van der Waals surface area (Å²) < 4.78 is 11.7. The van der Waals surface area contributed by atoms with E-state index in [1.54, 1.807) is 6.92 Å². The van der Waals surface area contributed by atoms with Crippen molar-refractivity contribution in [3.05, 3.63) is 24.6 Å². The van der Waals surface area contributed by atoms with Crippen molar-refractivity contribution in [2.45, 2.75) is 6.92 Å². The van der Waals surface area contributed by atoms with Gasteiger partial charge in [0.25, 0.3) is 0 Å². The van der Waals surface area contributed by atoms with E-state index in [0.717, 1.165) is 0 Å². The summed E-state index contributed by atoms with van der Waals surface area (Å²) in [5, 5.41) is 0. The SMILES string of the molecule is C=C(F)/C=C\C(C)=S. The van der Waals surface area contributed by atoms with Gasteiger partial charge in [-0.05, 0) is 19.1 Å². The van der Waals surface area contributed by atoms with Crippen LogP contribution in [0, 0.1) is 0 Å². The van der Waals surface area contributed by atoms with Crippen LogP contribution < -0.4 is 0 Å². The molecule has 0 aliphatic heterocycles. The van der Waals surface area contributed by atoms with Gasteiger partial charge >= 0.3 is 0 Å². The highest BCUT2D eigenvalue weighted by Gasteiger charge is 1.78. The fraction of sp³-hybridized carbons (Fsp3) is 0.167. The second-order valence-corrected chi connectivity index (χ2v) is 2.03. The van der Waals surface area contributed by atoms with E-state index in [0.29, 0.717) is 4.86 Å². The number of hydrogen-bond donors (Lipinski definition) is 0. The molecule has 0 saturated heterocycles. The number of rotatable bonds is 2. The molecule has 0 aromatic rings. The largest absolute Gasteiger partial charge is 0.208 e. The predicted octanol–water partition coefficient (Wildman–Crippen LogP) is 2.42. The van der Waals surface area contributed by atoms with Gasteiger partial charge in [0.1, 0.15) is 5.83 Å². The first-order chi connectivity index (χ1) is 3.63. The first-order valence-corrected chi connectivity index (χ1v) is 2.57. The standard InChI is InChI=1S/C6H7FS/c1-5(7)3-4-6(2)8/h3-4H,1H2,2H3/b4-3-. The molecule has 0 saturated carbocycles. The molecular formula is C6H7FS. The minimum Gasteiger partial charge on any atom is -0.208 e. The van der Waals surface area contributed by atoms with Crippen LogP contribution in [0.5, 0.6) is 0 Å². The van der Waals surface area contributed by atoms with Gasteiger partial charge in [0.05, 0.1) is 0 Å². The first kappa shape index (κ1) is 7.50. The van der Waals surface area contributed by atoms with Crippen molar-refractivity contribution in [1.82, 2.24) is 0 Å². The third-order valence-electron chi connectivity index (χ3n) is 0.499. The van der Waals surface area contributed by atoms with E-state index in [4.69, 9.17) is 0 Å². The van der Waals surface area contributed by atoms with E-state index in [2.05, 4.69) is 18.8 Å². The molecule has 0 radical (unpaired) electrons. The van der Waals surface area contributed by atoms with Crippen molar-refractivity contribution in [2.75, 3.05) is 0 Å². The molecule has 0 nitrogen and oxygen atoms in total. The van der Waals surface area contributed by atoms with E-state index in [-0.39, 0.29) is 0 Å². The Morgan fingerprint density at radius 3 is 2.25 bits per heavy atom. The van der Waals surface area contributed by atoms with E-state index in [1.165, 1.54) is 12.2 Å². The summed E-state index contributed by atoms with van der Waals surface area (Å²) in [7, 11) is 0. The molecule has 0 aliphatic carbocycles. The van der Waals surface area contributed by atoms with Crippen molar-refractivity contribution in [3.63, 3.8) is 0 Å². The van der Waals surface area contributed by atoms with E-state index in [9.17, 15) is 4.39 Å². The molecule has 0 spiro atoms. The number of halogens is 1. The lowest BCUT2D eigenvalue weighted by Crippen LogP contribution is -1.73. The summed E-state index contributed by atoms with van der Waals surface area (Å²) in [5.41, 5.74) is 0. The van der Waals surface area contributed by atoms with Crippen molar-refractivity contribution in [1.29, 1.82) is 0 Å². The Labute approximate surface area is 53.7 Å². The molecule has 44 valence electrons. The molecule has 0 unspecified atom stereocenters. The van der Waals surface area contributed by atoms with Crippen LogP contribution in [0.3, 0.4) is 0 Å². The van der Waals surface area contributed by atoms with Gasteiger partial charge in [-0.25, -0.2) is 4.39 Å². The Hall–Kier alpha value is -0.500. The molecule has 8 heavy (non-hydrogen) atoms. The van der Waals surface area contributed by atoms with Crippen LogP contribution in [-0.4, -0.2) is 4.86 Å². The smallest absolute Gasteiger partial charge is 0.116 e. The lowest BCUT2D eigenvalue weighted by molar-refractivity contribution is 0.671. The van der Waals surface area contributed by atoms with Gasteiger partial charge in [-0.1, -0.05) is 18.8 Å². The van der Waals surface area contributed by atoms with Gasteiger partial charge in [-0.3, -0.25) is 0 Å². The van der Waals surface area contributed by atoms with Crippen molar-refractivity contribution in [3.8, 4) is 0 Å². The molecule has 2 heteroatoms. The fourth-order valence-electron chi connectivity index (χ4n) is 0.208. The summed E-state index contributed by atoms with van der Waals surface area (Å²) >= 11 is 4.62. The summed E-state index contributed by atoms with van der Waals surface area (Å²) in [5.74, 6) is -0.464. The minimum atomic E-state index is -0.464.